The summed E-state index contributed by atoms with van der Waals surface area (Å²) >= 11 is 3.29. The van der Waals surface area contributed by atoms with Crippen LogP contribution in [-0.4, -0.2) is 30.9 Å². The van der Waals surface area contributed by atoms with E-state index in [0.717, 1.165) is 4.47 Å². The molecule has 0 saturated heterocycles. The zero-order valence-corrected chi connectivity index (χ0v) is 12.4. The van der Waals surface area contributed by atoms with Gasteiger partial charge in [0.05, 0.1) is 6.54 Å². The summed E-state index contributed by atoms with van der Waals surface area (Å²) in [5.41, 5.74) is 6.08. The van der Waals surface area contributed by atoms with E-state index in [4.69, 9.17) is 5.73 Å². The van der Waals surface area contributed by atoms with E-state index in [2.05, 4.69) is 26.6 Å². The molecular weight excluding hydrogens is 310 g/mol. The van der Waals surface area contributed by atoms with E-state index in [1.165, 1.54) is 0 Å². The minimum Gasteiger partial charge on any atom is -0.355 e. The van der Waals surface area contributed by atoms with Crippen molar-refractivity contribution in [3.63, 3.8) is 0 Å². The van der Waals surface area contributed by atoms with Crippen LogP contribution in [0.3, 0.4) is 0 Å². The third kappa shape index (κ3) is 6.35. The third-order valence-electron chi connectivity index (χ3n) is 2.42. The molecule has 0 aliphatic heterocycles. The average molecular weight is 328 g/mol. The van der Waals surface area contributed by atoms with Gasteiger partial charge in [-0.25, -0.2) is 0 Å². The number of halogens is 1. The molecular formula is C13H18BrN3O2. The Hall–Kier alpha value is -1.40. The van der Waals surface area contributed by atoms with Gasteiger partial charge in [-0.2, -0.15) is 0 Å². The molecule has 4 N–H and O–H groups in total. The van der Waals surface area contributed by atoms with Gasteiger partial charge in [0.15, 0.2) is 0 Å². The number of nitrogens with two attached hydrogens (primary N) is 1. The zero-order chi connectivity index (χ0) is 14.3. The van der Waals surface area contributed by atoms with E-state index in [9.17, 15) is 9.59 Å². The third-order valence-corrected chi connectivity index (χ3v) is 2.91. The van der Waals surface area contributed by atoms with Gasteiger partial charge in [0.1, 0.15) is 0 Å². The van der Waals surface area contributed by atoms with Crippen molar-refractivity contribution < 1.29 is 9.59 Å². The van der Waals surface area contributed by atoms with Crippen molar-refractivity contribution in [1.82, 2.24) is 10.6 Å². The van der Waals surface area contributed by atoms with E-state index in [0.29, 0.717) is 18.5 Å². The van der Waals surface area contributed by atoms with Crippen LogP contribution in [0, 0.1) is 0 Å². The van der Waals surface area contributed by atoms with Crippen molar-refractivity contribution in [3.8, 4) is 0 Å². The van der Waals surface area contributed by atoms with Crippen molar-refractivity contribution in [2.24, 2.45) is 5.73 Å². The number of rotatable bonds is 6. The van der Waals surface area contributed by atoms with Crippen LogP contribution in [0.5, 0.6) is 0 Å². The molecule has 1 aromatic rings. The number of hydrogen-bond acceptors (Lipinski definition) is 3. The second-order valence-corrected chi connectivity index (χ2v) is 5.22. The summed E-state index contributed by atoms with van der Waals surface area (Å²) in [4.78, 5) is 23.2. The Kier molecular flexibility index (Phi) is 6.52. The van der Waals surface area contributed by atoms with Crippen molar-refractivity contribution in [1.29, 1.82) is 0 Å². The lowest BCUT2D eigenvalue weighted by Gasteiger charge is -2.08. The summed E-state index contributed by atoms with van der Waals surface area (Å²) in [5, 5.41) is 5.25. The summed E-state index contributed by atoms with van der Waals surface area (Å²) in [5.74, 6) is -0.493. The second kappa shape index (κ2) is 7.91. The molecule has 0 aliphatic carbocycles. The molecule has 0 fully saturated rings. The lowest BCUT2D eigenvalue weighted by atomic mass is 10.2. The average Bonchev–Trinajstić information content (AvgIpc) is 2.35. The van der Waals surface area contributed by atoms with Gasteiger partial charge >= 0.3 is 0 Å². The Morgan fingerprint density at radius 3 is 2.74 bits per heavy atom. The smallest absolute Gasteiger partial charge is 0.251 e. The molecule has 1 atom stereocenters. The summed E-state index contributed by atoms with van der Waals surface area (Å²) in [7, 11) is 0. The number of nitrogens with one attached hydrogen (secondary N) is 2. The standard InChI is InChI=1S/C13H18BrN3O2/c1-9(15)5-6-16-12(18)8-17-13(19)10-3-2-4-11(14)7-10/h2-4,7,9H,5-6,8,15H2,1H3,(H,16,18)(H,17,19). The molecule has 6 heteroatoms. The first-order chi connectivity index (χ1) is 8.99. The van der Waals surface area contributed by atoms with Crippen LogP contribution >= 0.6 is 15.9 Å². The quantitative estimate of drug-likeness (QED) is 0.729. The monoisotopic (exact) mass is 327 g/mol. The highest BCUT2D eigenvalue weighted by molar-refractivity contribution is 9.10. The normalized spacial score (nSPS) is 11.7. The van der Waals surface area contributed by atoms with E-state index >= 15 is 0 Å². The Balaban J connectivity index is 2.32. The van der Waals surface area contributed by atoms with E-state index in [-0.39, 0.29) is 24.4 Å². The lowest BCUT2D eigenvalue weighted by molar-refractivity contribution is -0.120. The highest BCUT2D eigenvalue weighted by atomic mass is 79.9. The van der Waals surface area contributed by atoms with Gasteiger partial charge in [0, 0.05) is 22.6 Å². The zero-order valence-electron chi connectivity index (χ0n) is 10.8. The fraction of sp³-hybridized carbons (Fsp3) is 0.385. The molecule has 1 unspecified atom stereocenters. The van der Waals surface area contributed by atoms with Crippen LogP contribution in [0.4, 0.5) is 0 Å². The predicted molar refractivity (Wildman–Crippen MR) is 77.8 cm³/mol. The van der Waals surface area contributed by atoms with Crippen molar-refractivity contribution in [3.05, 3.63) is 34.3 Å². The first kappa shape index (κ1) is 15.7. The summed E-state index contributed by atoms with van der Waals surface area (Å²) < 4.78 is 0.821. The van der Waals surface area contributed by atoms with Gasteiger partial charge in [-0.05, 0) is 31.5 Å². The molecule has 104 valence electrons. The Morgan fingerprint density at radius 1 is 1.37 bits per heavy atom. The fourth-order valence-corrected chi connectivity index (χ4v) is 1.79. The highest BCUT2D eigenvalue weighted by Gasteiger charge is 2.08. The Labute approximate surface area is 121 Å². The number of carbonyl (C=O) groups is 2. The van der Waals surface area contributed by atoms with Gasteiger partial charge < -0.3 is 16.4 Å². The van der Waals surface area contributed by atoms with Crippen LogP contribution in [0.2, 0.25) is 0 Å². The van der Waals surface area contributed by atoms with Crippen molar-refractivity contribution in [2.75, 3.05) is 13.1 Å². The van der Waals surface area contributed by atoms with Crippen LogP contribution < -0.4 is 16.4 Å². The van der Waals surface area contributed by atoms with Crippen LogP contribution in [-0.2, 0) is 4.79 Å². The van der Waals surface area contributed by atoms with Gasteiger partial charge in [0.2, 0.25) is 5.91 Å². The number of hydrogen-bond donors (Lipinski definition) is 3. The molecule has 0 radical (unpaired) electrons. The van der Waals surface area contributed by atoms with Gasteiger partial charge in [-0.3, -0.25) is 9.59 Å². The van der Waals surface area contributed by atoms with Gasteiger partial charge in [-0.15, -0.1) is 0 Å². The van der Waals surface area contributed by atoms with Crippen molar-refractivity contribution >= 4 is 27.7 Å². The Morgan fingerprint density at radius 2 is 2.11 bits per heavy atom. The van der Waals surface area contributed by atoms with E-state index < -0.39 is 0 Å². The SMILES string of the molecule is CC(N)CCNC(=O)CNC(=O)c1cccc(Br)c1. The molecule has 2 amide bonds. The first-order valence-corrected chi connectivity index (χ1v) is 6.84. The Bertz CT molecular complexity index is 449. The second-order valence-electron chi connectivity index (χ2n) is 4.31. The molecule has 0 aromatic heterocycles. The van der Waals surface area contributed by atoms with Gasteiger partial charge in [0.25, 0.3) is 5.91 Å². The maximum absolute atomic E-state index is 11.8. The summed E-state index contributed by atoms with van der Waals surface area (Å²) in [6.07, 6.45) is 0.714. The molecule has 0 saturated carbocycles. The molecule has 5 nitrogen and oxygen atoms in total. The molecule has 0 heterocycles. The van der Waals surface area contributed by atoms with Crippen molar-refractivity contribution in [2.45, 2.75) is 19.4 Å². The number of amides is 2. The summed E-state index contributed by atoms with van der Waals surface area (Å²) in [6, 6.07) is 7.04. The highest BCUT2D eigenvalue weighted by Crippen LogP contribution is 2.11. The summed E-state index contributed by atoms with van der Waals surface area (Å²) in [6.45, 7) is 2.36. The predicted octanol–water partition coefficient (Wildman–Crippen LogP) is 1.03. The maximum atomic E-state index is 11.8. The minimum atomic E-state index is -0.274. The van der Waals surface area contributed by atoms with E-state index in [1.807, 2.05) is 13.0 Å². The lowest BCUT2D eigenvalue weighted by Crippen LogP contribution is -2.38. The van der Waals surface area contributed by atoms with Crippen LogP contribution in [0.1, 0.15) is 23.7 Å². The molecule has 1 aromatic carbocycles. The molecule has 0 spiro atoms. The number of benzene rings is 1. The largest absolute Gasteiger partial charge is 0.355 e. The minimum absolute atomic E-state index is 0.0374. The molecule has 1 rings (SSSR count). The first-order valence-electron chi connectivity index (χ1n) is 6.05. The molecule has 0 aliphatic rings. The topological polar surface area (TPSA) is 84.2 Å². The fourth-order valence-electron chi connectivity index (χ4n) is 1.39. The van der Waals surface area contributed by atoms with Crippen LogP contribution in [0.25, 0.3) is 0 Å². The maximum Gasteiger partial charge on any atom is 0.251 e. The number of carbonyl (C=O) groups excluding carboxylic acids is 2. The molecule has 0 bridgehead atoms. The van der Waals surface area contributed by atoms with Crippen LogP contribution in [0.15, 0.2) is 28.7 Å². The molecule has 19 heavy (non-hydrogen) atoms. The van der Waals surface area contributed by atoms with Gasteiger partial charge in [-0.1, -0.05) is 22.0 Å². The van der Waals surface area contributed by atoms with E-state index in [1.54, 1.807) is 18.2 Å².